The summed E-state index contributed by atoms with van der Waals surface area (Å²) in [5.74, 6) is -0.454. The normalized spacial score (nSPS) is 23.0. The Morgan fingerprint density at radius 1 is 0.818 bits per heavy atom. The lowest BCUT2D eigenvalue weighted by Crippen LogP contribution is -2.51. The van der Waals surface area contributed by atoms with E-state index in [1.165, 1.54) is 37.7 Å². The van der Waals surface area contributed by atoms with E-state index in [1.807, 2.05) is 6.92 Å². The molecule has 0 spiro atoms. The van der Waals surface area contributed by atoms with Crippen LogP contribution in [0.5, 0.6) is 0 Å². The molecule has 0 bridgehead atoms. The van der Waals surface area contributed by atoms with Crippen LogP contribution in [-0.4, -0.2) is 72.5 Å². The molecule has 1 saturated carbocycles. The molecule has 2 aromatic carbocycles. The SMILES string of the molecule is Cc1ccc([C@]2(CCN3CCN(C4CCCCC4)CC3)CCN(C(=O)Cc3cc(C(F)(F)F)cc(C(F)(F)F)c3)C2)cc1C. The van der Waals surface area contributed by atoms with Crippen molar-refractivity contribution in [3.8, 4) is 0 Å². The van der Waals surface area contributed by atoms with E-state index < -0.39 is 35.8 Å². The zero-order valence-electron chi connectivity index (χ0n) is 25.7. The number of halogens is 6. The third-order valence-corrected chi connectivity index (χ3v) is 10.2. The summed E-state index contributed by atoms with van der Waals surface area (Å²) in [6.07, 6.45) is -2.35. The smallest absolute Gasteiger partial charge is 0.341 e. The van der Waals surface area contributed by atoms with E-state index in [0.29, 0.717) is 37.7 Å². The highest BCUT2D eigenvalue weighted by molar-refractivity contribution is 5.79. The number of amides is 1. The molecule has 0 aromatic heterocycles. The van der Waals surface area contributed by atoms with Crippen LogP contribution in [0, 0.1) is 13.8 Å². The zero-order chi connectivity index (χ0) is 31.7. The van der Waals surface area contributed by atoms with Gasteiger partial charge < -0.3 is 9.80 Å². The van der Waals surface area contributed by atoms with E-state index in [1.54, 1.807) is 4.90 Å². The van der Waals surface area contributed by atoms with Crippen molar-refractivity contribution in [3.63, 3.8) is 0 Å². The lowest BCUT2D eigenvalue weighted by Gasteiger charge is -2.42. The minimum absolute atomic E-state index is 0.101. The number of rotatable bonds is 7. The maximum Gasteiger partial charge on any atom is 0.416 e. The maximum atomic E-state index is 13.4. The van der Waals surface area contributed by atoms with Crippen molar-refractivity contribution in [3.05, 3.63) is 69.8 Å². The molecule has 2 aliphatic heterocycles. The van der Waals surface area contributed by atoms with Gasteiger partial charge in [0.2, 0.25) is 5.91 Å². The molecule has 2 aromatic rings. The molecule has 1 amide bonds. The number of carbonyl (C=O) groups is 1. The third-order valence-electron chi connectivity index (χ3n) is 10.2. The van der Waals surface area contributed by atoms with Crippen molar-refractivity contribution < 1.29 is 31.1 Å². The van der Waals surface area contributed by atoms with Crippen molar-refractivity contribution in [2.24, 2.45) is 0 Å². The summed E-state index contributed by atoms with van der Waals surface area (Å²) < 4.78 is 80.5. The van der Waals surface area contributed by atoms with Crippen LogP contribution in [0.15, 0.2) is 36.4 Å². The Morgan fingerprint density at radius 2 is 1.45 bits per heavy atom. The Balaban J connectivity index is 1.29. The summed E-state index contributed by atoms with van der Waals surface area (Å²) in [7, 11) is 0. The molecule has 2 heterocycles. The van der Waals surface area contributed by atoms with E-state index >= 15 is 0 Å². The second-order valence-corrected chi connectivity index (χ2v) is 13.2. The molecular weight excluding hydrogens is 580 g/mol. The van der Waals surface area contributed by atoms with Crippen molar-refractivity contribution in [1.82, 2.24) is 14.7 Å². The fourth-order valence-electron chi connectivity index (χ4n) is 7.32. The van der Waals surface area contributed by atoms with Crippen LogP contribution in [0.25, 0.3) is 0 Å². The van der Waals surface area contributed by atoms with Crippen molar-refractivity contribution in [1.29, 1.82) is 0 Å². The van der Waals surface area contributed by atoms with E-state index in [2.05, 4.69) is 34.9 Å². The first-order chi connectivity index (χ1) is 20.7. The molecule has 5 rings (SSSR count). The van der Waals surface area contributed by atoms with Crippen LogP contribution in [0.1, 0.15) is 78.3 Å². The fraction of sp³-hybridized carbons (Fsp3) is 0.618. The number of benzene rings is 2. The van der Waals surface area contributed by atoms with Gasteiger partial charge >= 0.3 is 12.4 Å². The standard InChI is InChI=1S/C34H43F6N3O/c1-24-8-9-27(18-25(24)2)32(10-12-41-14-16-42(17-15-41)30-6-4-3-5-7-30)11-13-43(23-32)31(44)21-26-19-28(33(35,36)37)22-29(20-26)34(38,39)40/h8-9,18-20,22,30H,3-7,10-17,21,23H2,1-2H3/t32-/m1/s1. The molecule has 3 aliphatic rings. The number of aryl methyl sites for hydroxylation is 2. The monoisotopic (exact) mass is 623 g/mol. The Labute approximate surface area is 256 Å². The predicted molar refractivity (Wildman–Crippen MR) is 158 cm³/mol. The first-order valence-corrected chi connectivity index (χ1v) is 15.8. The quantitative estimate of drug-likeness (QED) is 0.301. The summed E-state index contributed by atoms with van der Waals surface area (Å²) >= 11 is 0. The second kappa shape index (κ2) is 13.0. The highest BCUT2D eigenvalue weighted by atomic mass is 19.4. The average Bonchev–Trinajstić information content (AvgIpc) is 3.43. The van der Waals surface area contributed by atoms with Crippen LogP contribution in [0.2, 0.25) is 0 Å². The van der Waals surface area contributed by atoms with Gasteiger partial charge in [0, 0.05) is 50.7 Å². The first-order valence-electron chi connectivity index (χ1n) is 15.8. The number of alkyl halides is 6. The molecule has 4 nitrogen and oxygen atoms in total. The molecule has 242 valence electrons. The molecule has 0 unspecified atom stereocenters. The minimum Gasteiger partial charge on any atom is -0.341 e. The lowest BCUT2D eigenvalue weighted by molar-refractivity contribution is -0.143. The molecule has 1 aliphatic carbocycles. The molecule has 44 heavy (non-hydrogen) atoms. The van der Waals surface area contributed by atoms with Crippen LogP contribution in [0.3, 0.4) is 0 Å². The summed E-state index contributed by atoms with van der Waals surface area (Å²) in [4.78, 5) is 20.2. The van der Waals surface area contributed by atoms with E-state index in [-0.39, 0.29) is 17.0 Å². The van der Waals surface area contributed by atoms with Gasteiger partial charge in [0.05, 0.1) is 17.5 Å². The highest BCUT2D eigenvalue weighted by Gasteiger charge is 2.42. The first kappa shape index (κ1) is 32.8. The van der Waals surface area contributed by atoms with Gasteiger partial charge in [-0.3, -0.25) is 9.69 Å². The lowest BCUT2D eigenvalue weighted by atomic mass is 9.76. The largest absolute Gasteiger partial charge is 0.416 e. The Kier molecular flexibility index (Phi) is 9.71. The Bertz CT molecular complexity index is 1280. The number of carbonyl (C=O) groups excluding carboxylic acids is 1. The van der Waals surface area contributed by atoms with Gasteiger partial charge in [0.1, 0.15) is 0 Å². The van der Waals surface area contributed by atoms with Crippen molar-refractivity contribution in [2.75, 3.05) is 45.8 Å². The van der Waals surface area contributed by atoms with Crippen LogP contribution in [-0.2, 0) is 29.0 Å². The van der Waals surface area contributed by atoms with Gasteiger partial charge in [-0.15, -0.1) is 0 Å². The number of likely N-dealkylation sites (tertiary alicyclic amines) is 1. The molecule has 1 atom stereocenters. The van der Waals surface area contributed by atoms with Gasteiger partial charge in [0.25, 0.3) is 0 Å². The summed E-state index contributed by atoms with van der Waals surface area (Å²) in [6.45, 7) is 9.89. The number of piperazine rings is 1. The van der Waals surface area contributed by atoms with E-state index in [9.17, 15) is 31.1 Å². The topological polar surface area (TPSA) is 26.8 Å². The Morgan fingerprint density at radius 3 is 2.05 bits per heavy atom. The second-order valence-electron chi connectivity index (χ2n) is 13.2. The number of nitrogens with zero attached hydrogens (tertiary/aromatic N) is 3. The highest BCUT2D eigenvalue weighted by Crippen LogP contribution is 2.40. The van der Waals surface area contributed by atoms with Gasteiger partial charge in [-0.25, -0.2) is 0 Å². The van der Waals surface area contributed by atoms with Gasteiger partial charge in [-0.05, 0) is 86.5 Å². The summed E-state index contributed by atoms with van der Waals surface area (Å²) in [5, 5.41) is 0. The summed E-state index contributed by atoms with van der Waals surface area (Å²) in [6, 6.07) is 8.49. The molecular formula is C34H43F6N3O. The van der Waals surface area contributed by atoms with E-state index in [0.717, 1.165) is 50.3 Å². The van der Waals surface area contributed by atoms with Gasteiger partial charge in [-0.2, -0.15) is 26.3 Å². The van der Waals surface area contributed by atoms with Crippen LogP contribution in [0.4, 0.5) is 26.3 Å². The van der Waals surface area contributed by atoms with Crippen molar-refractivity contribution in [2.45, 2.75) is 89.0 Å². The Hall–Kier alpha value is -2.59. The number of hydrogen-bond donors (Lipinski definition) is 0. The van der Waals surface area contributed by atoms with Crippen LogP contribution < -0.4 is 0 Å². The predicted octanol–water partition coefficient (Wildman–Crippen LogP) is 7.39. The van der Waals surface area contributed by atoms with Gasteiger partial charge in [0.15, 0.2) is 0 Å². The molecule has 3 fully saturated rings. The maximum absolute atomic E-state index is 13.4. The van der Waals surface area contributed by atoms with Gasteiger partial charge in [-0.1, -0.05) is 37.5 Å². The molecule has 2 saturated heterocycles. The zero-order valence-corrected chi connectivity index (χ0v) is 25.7. The minimum atomic E-state index is -4.95. The molecule has 10 heteroatoms. The van der Waals surface area contributed by atoms with Crippen molar-refractivity contribution >= 4 is 5.91 Å². The average molecular weight is 624 g/mol. The fourth-order valence-corrected chi connectivity index (χ4v) is 7.32. The van der Waals surface area contributed by atoms with Crippen LogP contribution >= 0.6 is 0 Å². The molecule has 0 N–H and O–H groups in total. The van der Waals surface area contributed by atoms with E-state index in [4.69, 9.17) is 0 Å². The number of hydrogen-bond acceptors (Lipinski definition) is 3. The summed E-state index contributed by atoms with van der Waals surface area (Å²) in [5.41, 5.74) is 0.0377. The molecule has 0 radical (unpaired) electrons. The third kappa shape index (κ3) is 7.61.